The van der Waals surface area contributed by atoms with Crippen LogP contribution in [0.2, 0.25) is 0 Å². The number of fused-ring (bicyclic) bond motifs is 1. The number of rotatable bonds is 5. The molecular weight excluding hydrogens is 403 g/mol. The lowest BCUT2D eigenvalue weighted by atomic mass is 9.98. The molecule has 4 nitrogen and oxygen atoms in total. The van der Waals surface area contributed by atoms with Gasteiger partial charge in [-0.05, 0) is 67.7 Å². The number of anilines is 1. The van der Waals surface area contributed by atoms with Crippen LogP contribution < -0.4 is 10.2 Å². The molecule has 2 aromatic carbocycles. The maximum atomic E-state index is 13.0. The summed E-state index contributed by atoms with van der Waals surface area (Å²) in [6.07, 6.45) is -0.0283. The van der Waals surface area contributed by atoms with Gasteiger partial charge in [0, 0.05) is 31.4 Å². The van der Waals surface area contributed by atoms with Gasteiger partial charge in [-0.2, -0.15) is 13.2 Å². The minimum absolute atomic E-state index is 0.00579. The van der Waals surface area contributed by atoms with E-state index in [1.807, 2.05) is 0 Å². The monoisotopic (exact) mass is 431 g/mol. The maximum absolute atomic E-state index is 13.0. The van der Waals surface area contributed by atoms with Crippen LogP contribution in [0.25, 0.3) is 0 Å². The third kappa shape index (κ3) is 4.87. The number of alkyl halides is 3. The van der Waals surface area contributed by atoms with E-state index in [4.69, 9.17) is 0 Å². The van der Waals surface area contributed by atoms with Crippen molar-refractivity contribution in [3.63, 3.8) is 0 Å². The zero-order chi connectivity index (χ0) is 22.0. The highest BCUT2D eigenvalue weighted by Crippen LogP contribution is 2.32. The SMILES string of the molecule is CN1CCc2cc([C@@H](CNC(=O)c3cccc(C(F)(F)F)c3)N3CCCCC3)ccc21. The van der Waals surface area contributed by atoms with E-state index in [0.29, 0.717) is 6.54 Å². The molecule has 7 heteroatoms. The summed E-state index contributed by atoms with van der Waals surface area (Å²) in [7, 11) is 2.09. The molecule has 1 fully saturated rings. The summed E-state index contributed by atoms with van der Waals surface area (Å²) in [4.78, 5) is 17.3. The summed E-state index contributed by atoms with van der Waals surface area (Å²) in [5, 5.41) is 2.89. The molecule has 2 aliphatic rings. The minimum Gasteiger partial charge on any atom is -0.374 e. The second kappa shape index (κ2) is 8.91. The number of benzene rings is 2. The summed E-state index contributed by atoms with van der Waals surface area (Å²) in [5.74, 6) is -0.478. The number of carbonyl (C=O) groups is 1. The van der Waals surface area contributed by atoms with Gasteiger partial charge < -0.3 is 10.2 Å². The van der Waals surface area contributed by atoms with Crippen LogP contribution in [0.3, 0.4) is 0 Å². The first kappa shape index (κ1) is 21.7. The molecule has 0 unspecified atom stereocenters. The Hall–Kier alpha value is -2.54. The van der Waals surface area contributed by atoms with E-state index in [0.717, 1.165) is 56.6 Å². The summed E-state index contributed by atoms with van der Waals surface area (Å²) >= 11 is 0. The maximum Gasteiger partial charge on any atom is 0.416 e. The standard InChI is InChI=1S/C24H28F3N3O/c1-29-13-10-18-14-17(8-9-21(18)29)22(30-11-3-2-4-12-30)16-28-23(31)19-6-5-7-20(15-19)24(25,26)27/h5-9,14-15,22H,2-4,10-13,16H2,1H3,(H,28,31)/t22-/m1/s1. The average molecular weight is 432 g/mol. The van der Waals surface area contributed by atoms with Crippen molar-refractivity contribution in [2.75, 3.05) is 38.1 Å². The molecule has 166 valence electrons. The topological polar surface area (TPSA) is 35.6 Å². The third-order valence-corrected chi connectivity index (χ3v) is 6.36. The molecule has 31 heavy (non-hydrogen) atoms. The van der Waals surface area contributed by atoms with E-state index >= 15 is 0 Å². The number of piperidine rings is 1. The number of likely N-dealkylation sites (N-methyl/N-ethyl adjacent to an activating group) is 1. The Balaban J connectivity index is 1.53. The molecule has 1 atom stereocenters. The van der Waals surface area contributed by atoms with Crippen molar-refractivity contribution in [3.05, 3.63) is 64.7 Å². The fourth-order valence-corrected chi connectivity index (χ4v) is 4.61. The Morgan fingerprint density at radius 1 is 1.06 bits per heavy atom. The van der Waals surface area contributed by atoms with Crippen LogP contribution in [0, 0.1) is 0 Å². The molecule has 0 spiro atoms. The lowest BCUT2D eigenvalue weighted by Gasteiger charge is -2.35. The van der Waals surface area contributed by atoms with Gasteiger partial charge in [0.2, 0.25) is 0 Å². The lowest BCUT2D eigenvalue weighted by Crippen LogP contribution is -2.40. The number of hydrogen-bond acceptors (Lipinski definition) is 3. The molecule has 0 bridgehead atoms. The van der Waals surface area contributed by atoms with Crippen LogP contribution in [-0.4, -0.2) is 44.0 Å². The van der Waals surface area contributed by atoms with E-state index in [9.17, 15) is 18.0 Å². The average Bonchev–Trinajstić information content (AvgIpc) is 3.14. The number of amides is 1. The van der Waals surface area contributed by atoms with Gasteiger partial charge in [0.25, 0.3) is 5.91 Å². The van der Waals surface area contributed by atoms with Crippen molar-refractivity contribution in [2.24, 2.45) is 0 Å². The lowest BCUT2D eigenvalue weighted by molar-refractivity contribution is -0.137. The first-order valence-corrected chi connectivity index (χ1v) is 10.9. The van der Waals surface area contributed by atoms with E-state index in [2.05, 4.69) is 40.4 Å². The van der Waals surface area contributed by atoms with Crippen molar-refractivity contribution in [1.29, 1.82) is 0 Å². The summed E-state index contributed by atoms with van der Waals surface area (Å²) < 4.78 is 39.0. The van der Waals surface area contributed by atoms with Crippen LogP contribution >= 0.6 is 0 Å². The summed E-state index contributed by atoms with van der Waals surface area (Å²) in [6, 6.07) is 11.1. The second-order valence-electron chi connectivity index (χ2n) is 8.46. The number of likely N-dealkylation sites (tertiary alicyclic amines) is 1. The fourth-order valence-electron chi connectivity index (χ4n) is 4.61. The van der Waals surface area contributed by atoms with Gasteiger partial charge in [-0.25, -0.2) is 0 Å². The molecule has 0 radical (unpaired) electrons. The predicted octanol–water partition coefficient (Wildman–Crippen LogP) is 4.65. The molecule has 2 aromatic rings. The van der Waals surface area contributed by atoms with Gasteiger partial charge in [0.05, 0.1) is 11.6 Å². The number of nitrogens with one attached hydrogen (secondary N) is 1. The van der Waals surface area contributed by atoms with Gasteiger partial charge in [0.15, 0.2) is 0 Å². The van der Waals surface area contributed by atoms with Crippen LogP contribution in [-0.2, 0) is 12.6 Å². The van der Waals surface area contributed by atoms with E-state index in [-0.39, 0.29) is 11.6 Å². The first-order chi connectivity index (χ1) is 14.8. The van der Waals surface area contributed by atoms with Gasteiger partial charge in [-0.1, -0.05) is 24.6 Å². The fraction of sp³-hybridized carbons (Fsp3) is 0.458. The largest absolute Gasteiger partial charge is 0.416 e. The van der Waals surface area contributed by atoms with Crippen LogP contribution in [0.15, 0.2) is 42.5 Å². The molecule has 1 saturated heterocycles. The Bertz CT molecular complexity index is 938. The van der Waals surface area contributed by atoms with Crippen molar-refractivity contribution in [2.45, 2.75) is 37.9 Å². The van der Waals surface area contributed by atoms with Crippen molar-refractivity contribution >= 4 is 11.6 Å². The zero-order valence-corrected chi connectivity index (χ0v) is 17.7. The van der Waals surface area contributed by atoms with E-state index in [1.165, 1.54) is 29.8 Å². The van der Waals surface area contributed by atoms with Gasteiger partial charge >= 0.3 is 6.18 Å². The van der Waals surface area contributed by atoms with Crippen molar-refractivity contribution in [3.8, 4) is 0 Å². The quantitative estimate of drug-likeness (QED) is 0.748. The number of halogens is 3. The molecule has 4 rings (SSSR count). The first-order valence-electron chi connectivity index (χ1n) is 10.9. The number of carbonyl (C=O) groups excluding carboxylic acids is 1. The molecule has 2 heterocycles. The zero-order valence-electron chi connectivity index (χ0n) is 17.7. The Kier molecular flexibility index (Phi) is 6.23. The smallest absolute Gasteiger partial charge is 0.374 e. The number of hydrogen-bond donors (Lipinski definition) is 1. The third-order valence-electron chi connectivity index (χ3n) is 6.36. The molecular formula is C24H28F3N3O. The van der Waals surface area contributed by atoms with Gasteiger partial charge in [-0.15, -0.1) is 0 Å². The highest BCUT2D eigenvalue weighted by molar-refractivity contribution is 5.94. The minimum atomic E-state index is -4.47. The van der Waals surface area contributed by atoms with Crippen molar-refractivity contribution in [1.82, 2.24) is 10.2 Å². The summed E-state index contributed by atoms with van der Waals surface area (Å²) in [5.41, 5.74) is 2.93. The molecule has 0 saturated carbocycles. The highest BCUT2D eigenvalue weighted by Gasteiger charge is 2.31. The van der Waals surface area contributed by atoms with Crippen LogP contribution in [0.1, 0.15) is 52.4 Å². The molecule has 0 aliphatic carbocycles. The molecule has 1 amide bonds. The molecule has 2 aliphatic heterocycles. The van der Waals surface area contributed by atoms with Crippen LogP contribution in [0.4, 0.5) is 18.9 Å². The van der Waals surface area contributed by atoms with Gasteiger partial charge in [-0.3, -0.25) is 9.69 Å². The Labute approximate surface area is 181 Å². The van der Waals surface area contributed by atoms with E-state index < -0.39 is 17.6 Å². The van der Waals surface area contributed by atoms with Gasteiger partial charge in [0.1, 0.15) is 0 Å². The van der Waals surface area contributed by atoms with Crippen molar-refractivity contribution < 1.29 is 18.0 Å². The molecule has 0 aromatic heterocycles. The summed E-state index contributed by atoms with van der Waals surface area (Å²) in [6.45, 7) is 3.28. The second-order valence-corrected chi connectivity index (χ2v) is 8.46. The normalized spacial score (nSPS) is 18.0. The Morgan fingerprint density at radius 2 is 1.84 bits per heavy atom. The molecule has 1 N–H and O–H groups in total. The Morgan fingerprint density at radius 3 is 2.58 bits per heavy atom. The predicted molar refractivity (Wildman–Crippen MR) is 115 cm³/mol. The number of nitrogens with zero attached hydrogens (tertiary/aromatic N) is 2. The highest BCUT2D eigenvalue weighted by atomic mass is 19.4. The van der Waals surface area contributed by atoms with E-state index in [1.54, 1.807) is 0 Å². The van der Waals surface area contributed by atoms with Crippen LogP contribution in [0.5, 0.6) is 0 Å².